The molecule has 0 saturated carbocycles. The fourth-order valence-corrected chi connectivity index (χ4v) is 3.59. The quantitative estimate of drug-likeness (QED) is 0.707. The van der Waals surface area contributed by atoms with Crippen LogP contribution in [0.3, 0.4) is 0 Å². The summed E-state index contributed by atoms with van der Waals surface area (Å²) >= 11 is 0. The summed E-state index contributed by atoms with van der Waals surface area (Å²) in [6, 6.07) is 11.1. The number of nitrogens with two attached hydrogens (primary N) is 1. The molecular formula is C22H24FN5O. The minimum absolute atomic E-state index is 0.0843. The normalized spacial score (nSPS) is 14.7. The van der Waals surface area contributed by atoms with E-state index in [1.807, 2.05) is 19.1 Å². The molecule has 3 N–H and O–H groups in total. The predicted octanol–water partition coefficient (Wildman–Crippen LogP) is 3.76. The Labute approximate surface area is 169 Å². The second kappa shape index (κ2) is 8.13. The molecule has 0 radical (unpaired) electrons. The van der Waals surface area contributed by atoms with Crippen molar-refractivity contribution < 1.29 is 9.18 Å². The molecule has 4 rings (SSSR count). The Morgan fingerprint density at radius 1 is 1.14 bits per heavy atom. The summed E-state index contributed by atoms with van der Waals surface area (Å²) in [6.07, 6.45) is 4.21. The summed E-state index contributed by atoms with van der Waals surface area (Å²) in [6.45, 7) is 2.80. The summed E-state index contributed by atoms with van der Waals surface area (Å²) in [5, 5.41) is 11.2. The molecule has 2 aromatic carbocycles. The second-order valence-corrected chi connectivity index (χ2v) is 7.47. The summed E-state index contributed by atoms with van der Waals surface area (Å²) in [7, 11) is 0. The third-order valence-electron chi connectivity index (χ3n) is 5.31. The van der Waals surface area contributed by atoms with E-state index < -0.39 is 17.8 Å². The van der Waals surface area contributed by atoms with Gasteiger partial charge in [-0.05, 0) is 43.5 Å². The number of hydrogen-bond donors (Lipinski definition) is 2. The third kappa shape index (κ3) is 4.05. The zero-order valence-electron chi connectivity index (χ0n) is 16.4. The van der Waals surface area contributed by atoms with E-state index in [4.69, 9.17) is 5.73 Å². The monoisotopic (exact) mass is 393 g/mol. The summed E-state index contributed by atoms with van der Waals surface area (Å²) in [5.41, 5.74) is 8.62. The van der Waals surface area contributed by atoms with Gasteiger partial charge in [0.1, 0.15) is 17.7 Å². The van der Waals surface area contributed by atoms with Crippen molar-refractivity contribution in [1.29, 1.82) is 0 Å². The van der Waals surface area contributed by atoms with Crippen molar-refractivity contribution in [2.24, 2.45) is 5.73 Å². The van der Waals surface area contributed by atoms with Crippen LogP contribution in [0.25, 0.3) is 11.4 Å². The van der Waals surface area contributed by atoms with Crippen LogP contribution in [0, 0.1) is 12.7 Å². The number of rotatable bonds is 4. The standard InChI is InChI=1S/C22H24FN5O/c1-14-6-8-15(9-7-14)20(24)22(29)25-18-13-16(10-11-17(18)23)21-27-26-19-5-3-2-4-12-28(19)21/h6-11,13,20H,2-5,12,24H2,1H3,(H,25,29). The van der Waals surface area contributed by atoms with Crippen LogP contribution < -0.4 is 11.1 Å². The second-order valence-electron chi connectivity index (χ2n) is 7.47. The summed E-state index contributed by atoms with van der Waals surface area (Å²) in [4.78, 5) is 12.6. The van der Waals surface area contributed by atoms with Gasteiger partial charge in [-0.1, -0.05) is 36.2 Å². The maximum Gasteiger partial charge on any atom is 0.245 e. The van der Waals surface area contributed by atoms with Crippen LogP contribution in [0.1, 0.15) is 42.3 Å². The molecule has 1 unspecified atom stereocenters. The van der Waals surface area contributed by atoms with Crippen LogP contribution in [0.15, 0.2) is 42.5 Å². The Morgan fingerprint density at radius 2 is 1.93 bits per heavy atom. The number of hydrogen-bond acceptors (Lipinski definition) is 4. The molecule has 1 amide bonds. The SMILES string of the molecule is Cc1ccc(C(N)C(=O)Nc2cc(-c3nnc4n3CCCCC4)ccc2F)cc1. The molecule has 150 valence electrons. The molecule has 6 nitrogen and oxygen atoms in total. The van der Waals surface area contributed by atoms with Gasteiger partial charge in [-0.2, -0.15) is 0 Å². The number of aryl methyl sites for hydroxylation is 2. The number of nitrogens with one attached hydrogen (secondary N) is 1. The molecule has 1 aromatic heterocycles. The van der Waals surface area contributed by atoms with Gasteiger partial charge in [0.25, 0.3) is 0 Å². The minimum Gasteiger partial charge on any atom is -0.322 e. The fraction of sp³-hybridized carbons (Fsp3) is 0.318. The van der Waals surface area contributed by atoms with E-state index in [0.29, 0.717) is 17.0 Å². The van der Waals surface area contributed by atoms with Crippen molar-refractivity contribution in [2.75, 3.05) is 5.32 Å². The number of nitrogens with zero attached hydrogens (tertiary/aromatic N) is 3. The Balaban J connectivity index is 1.58. The molecule has 0 fully saturated rings. The van der Waals surface area contributed by atoms with Gasteiger partial charge in [0.2, 0.25) is 5.91 Å². The molecular weight excluding hydrogens is 369 g/mol. The number of halogens is 1. The van der Waals surface area contributed by atoms with E-state index in [1.165, 1.54) is 6.07 Å². The fourth-order valence-electron chi connectivity index (χ4n) is 3.59. The number of benzene rings is 2. The van der Waals surface area contributed by atoms with E-state index in [9.17, 15) is 9.18 Å². The molecule has 29 heavy (non-hydrogen) atoms. The van der Waals surface area contributed by atoms with E-state index in [2.05, 4.69) is 20.1 Å². The lowest BCUT2D eigenvalue weighted by Crippen LogP contribution is -2.28. The Hall–Kier alpha value is -3.06. The smallest absolute Gasteiger partial charge is 0.245 e. The highest BCUT2D eigenvalue weighted by Crippen LogP contribution is 2.27. The van der Waals surface area contributed by atoms with E-state index in [-0.39, 0.29) is 5.69 Å². The summed E-state index contributed by atoms with van der Waals surface area (Å²) in [5.74, 6) is 0.660. The average Bonchev–Trinajstić information content (AvgIpc) is 2.97. The molecule has 1 aliphatic heterocycles. The summed E-state index contributed by atoms with van der Waals surface area (Å²) < 4.78 is 16.5. The Morgan fingerprint density at radius 3 is 2.72 bits per heavy atom. The average molecular weight is 393 g/mol. The first-order valence-electron chi connectivity index (χ1n) is 9.88. The maximum absolute atomic E-state index is 14.4. The van der Waals surface area contributed by atoms with Gasteiger partial charge >= 0.3 is 0 Å². The van der Waals surface area contributed by atoms with E-state index in [1.54, 1.807) is 24.3 Å². The first-order chi connectivity index (χ1) is 14.0. The highest BCUT2D eigenvalue weighted by atomic mass is 19.1. The number of anilines is 1. The maximum atomic E-state index is 14.4. The van der Waals surface area contributed by atoms with Crippen LogP contribution in [-0.2, 0) is 17.8 Å². The molecule has 0 aliphatic carbocycles. The van der Waals surface area contributed by atoms with Gasteiger partial charge in [0, 0.05) is 18.5 Å². The van der Waals surface area contributed by atoms with Crippen LogP contribution >= 0.6 is 0 Å². The van der Waals surface area contributed by atoms with Gasteiger partial charge in [-0.3, -0.25) is 4.79 Å². The molecule has 1 aliphatic rings. The van der Waals surface area contributed by atoms with E-state index in [0.717, 1.165) is 43.6 Å². The topological polar surface area (TPSA) is 85.8 Å². The number of carbonyl (C=O) groups excluding carboxylic acids is 1. The largest absolute Gasteiger partial charge is 0.322 e. The molecule has 7 heteroatoms. The molecule has 0 bridgehead atoms. The predicted molar refractivity (Wildman–Crippen MR) is 110 cm³/mol. The number of fused-ring (bicyclic) bond motifs is 1. The van der Waals surface area contributed by atoms with Gasteiger partial charge in [0.05, 0.1) is 5.69 Å². The van der Waals surface area contributed by atoms with Crippen molar-refractivity contribution >= 4 is 11.6 Å². The zero-order chi connectivity index (χ0) is 20.4. The van der Waals surface area contributed by atoms with Gasteiger partial charge in [-0.15, -0.1) is 10.2 Å². The lowest BCUT2D eigenvalue weighted by molar-refractivity contribution is -0.117. The molecule has 2 heterocycles. The highest BCUT2D eigenvalue weighted by molar-refractivity contribution is 5.96. The van der Waals surface area contributed by atoms with Gasteiger partial charge < -0.3 is 15.6 Å². The van der Waals surface area contributed by atoms with E-state index >= 15 is 0 Å². The van der Waals surface area contributed by atoms with Crippen LogP contribution in [0.5, 0.6) is 0 Å². The Kier molecular flexibility index (Phi) is 5.40. The highest BCUT2D eigenvalue weighted by Gasteiger charge is 2.20. The van der Waals surface area contributed by atoms with Crippen LogP contribution in [0.2, 0.25) is 0 Å². The van der Waals surface area contributed by atoms with Gasteiger partial charge in [0.15, 0.2) is 5.82 Å². The number of amides is 1. The van der Waals surface area contributed by atoms with Crippen molar-refractivity contribution in [3.63, 3.8) is 0 Å². The third-order valence-corrected chi connectivity index (χ3v) is 5.31. The Bertz CT molecular complexity index is 1030. The van der Waals surface area contributed by atoms with Crippen LogP contribution in [-0.4, -0.2) is 20.7 Å². The molecule has 3 aromatic rings. The van der Waals surface area contributed by atoms with Crippen molar-refractivity contribution in [3.8, 4) is 11.4 Å². The lowest BCUT2D eigenvalue weighted by Gasteiger charge is -2.14. The number of carbonyl (C=O) groups is 1. The first kappa shape index (κ1) is 19.3. The molecule has 1 atom stereocenters. The van der Waals surface area contributed by atoms with Gasteiger partial charge in [-0.25, -0.2) is 4.39 Å². The molecule has 0 saturated heterocycles. The van der Waals surface area contributed by atoms with Crippen LogP contribution in [0.4, 0.5) is 10.1 Å². The van der Waals surface area contributed by atoms with Crippen molar-refractivity contribution in [3.05, 3.63) is 65.2 Å². The lowest BCUT2D eigenvalue weighted by atomic mass is 10.1. The molecule has 0 spiro atoms. The first-order valence-corrected chi connectivity index (χ1v) is 9.88. The van der Waals surface area contributed by atoms with Crippen molar-refractivity contribution in [1.82, 2.24) is 14.8 Å². The minimum atomic E-state index is -0.886. The number of aromatic nitrogens is 3. The zero-order valence-corrected chi connectivity index (χ0v) is 16.4. The van der Waals surface area contributed by atoms with Crippen molar-refractivity contribution in [2.45, 2.75) is 45.2 Å².